The summed E-state index contributed by atoms with van der Waals surface area (Å²) in [6.07, 6.45) is 1.16. The molecular weight excluding hydrogens is 202 g/mol. The fourth-order valence-electron chi connectivity index (χ4n) is 1.34. The zero-order valence-electron chi connectivity index (χ0n) is 9.69. The summed E-state index contributed by atoms with van der Waals surface area (Å²) < 4.78 is 5.21. The van der Waals surface area contributed by atoms with Gasteiger partial charge in [0.05, 0.1) is 0 Å². The second kappa shape index (κ2) is 5.95. The smallest absolute Gasteiger partial charge is 0.410 e. The van der Waals surface area contributed by atoms with E-state index in [4.69, 9.17) is 4.74 Å². The highest BCUT2D eigenvalue weighted by Gasteiger charge is 2.10. The van der Waals surface area contributed by atoms with Crippen LogP contribution in [0.25, 0.3) is 0 Å². The molecule has 1 aromatic rings. The van der Waals surface area contributed by atoms with E-state index in [0.717, 1.165) is 5.56 Å². The Kier molecular flexibility index (Phi) is 4.58. The van der Waals surface area contributed by atoms with Crippen molar-refractivity contribution in [2.24, 2.45) is 0 Å². The van der Waals surface area contributed by atoms with Crippen molar-refractivity contribution in [3.05, 3.63) is 42.5 Å². The highest BCUT2D eigenvalue weighted by molar-refractivity contribution is 5.71. The molecule has 1 N–H and O–H groups in total. The Bertz CT molecular complexity index is 372. The molecule has 0 fully saturated rings. The van der Waals surface area contributed by atoms with E-state index < -0.39 is 6.09 Å². The average Bonchev–Trinajstić information content (AvgIpc) is 2.27. The van der Waals surface area contributed by atoms with Gasteiger partial charge in [0.2, 0.25) is 0 Å². The number of amides is 1. The number of hydrogen-bond acceptors (Lipinski definition) is 2. The highest BCUT2D eigenvalue weighted by Crippen LogP contribution is 2.25. The molecule has 0 radical (unpaired) electrons. The summed E-state index contributed by atoms with van der Waals surface area (Å²) in [6.45, 7) is 8.04. The van der Waals surface area contributed by atoms with Crippen LogP contribution >= 0.6 is 0 Å². The first kappa shape index (κ1) is 12.3. The minimum absolute atomic E-state index is 0.323. The lowest BCUT2D eigenvalue weighted by Gasteiger charge is -2.12. The minimum atomic E-state index is -0.451. The van der Waals surface area contributed by atoms with E-state index in [9.17, 15) is 4.79 Å². The molecule has 3 nitrogen and oxygen atoms in total. The normalized spacial score (nSPS) is 9.94. The van der Waals surface area contributed by atoms with E-state index in [1.807, 2.05) is 18.2 Å². The summed E-state index contributed by atoms with van der Waals surface area (Å²) >= 11 is 0. The van der Waals surface area contributed by atoms with Crippen molar-refractivity contribution in [1.82, 2.24) is 5.32 Å². The van der Waals surface area contributed by atoms with E-state index >= 15 is 0 Å². The molecule has 0 spiro atoms. The van der Waals surface area contributed by atoms with E-state index in [2.05, 4.69) is 25.7 Å². The van der Waals surface area contributed by atoms with Crippen molar-refractivity contribution in [1.29, 1.82) is 0 Å². The van der Waals surface area contributed by atoms with Crippen LogP contribution in [0.1, 0.15) is 25.3 Å². The standard InChI is InChI=1S/C13H17NO2/c1-4-9-14-13(15)16-12-8-6-5-7-11(12)10(2)3/h4-8,10H,1,9H2,2-3H3,(H,14,15). The summed E-state index contributed by atoms with van der Waals surface area (Å²) in [5.41, 5.74) is 1.02. The van der Waals surface area contributed by atoms with Crippen LogP contribution in [0.4, 0.5) is 4.79 Å². The number of ether oxygens (including phenoxy) is 1. The van der Waals surface area contributed by atoms with Gasteiger partial charge in [-0.25, -0.2) is 4.79 Å². The maximum atomic E-state index is 11.4. The van der Waals surface area contributed by atoms with Gasteiger partial charge >= 0.3 is 6.09 Å². The number of nitrogens with one attached hydrogen (secondary N) is 1. The summed E-state index contributed by atoms with van der Waals surface area (Å²) in [7, 11) is 0. The Hall–Kier alpha value is -1.77. The topological polar surface area (TPSA) is 38.3 Å². The molecule has 16 heavy (non-hydrogen) atoms. The van der Waals surface area contributed by atoms with Gasteiger partial charge in [0.1, 0.15) is 5.75 Å². The Morgan fingerprint density at radius 1 is 1.50 bits per heavy atom. The number of para-hydroxylation sites is 1. The number of rotatable bonds is 4. The number of hydrogen-bond donors (Lipinski definition) is 1. The van der Waals surface area contributed by atoms with Crippen LogP contribution in [0.15, 0.2) is 36.9 Å². The summed E-state index contributed by atoms with van der Waals surface area (Å²) in [4.78, 5) is 11.4. The Morgan fingerprint density at radius 2 is 2.19 bits per heavy atom. The van der Waals surface area contributed by atoms with Gasteiger partial charge in [-0.2, -0.15) is 0 Å². The number of benzene rings is 1. The lowest BCUT2D eigenvalue weighted by molar-refractivity contribution is 0.201. The predicted octanol–water partition coefficient (Wildman–Crippen LogP) is 3.08. The van der Waals surface area contributed by atoms with Crippen LogP contribution in [0.5, 0.6) is 5.75 Å². The zero-order chi connectivity index (χ0) is 12.0. The van der Waals surface area contributed by atoms with Gasteiger partial charge in [0, 0.05) is 6.54 Å². The van der Waals surface area contributed by atoms with Crippen LogP contribution in [-0.4, -0.2) is 12.6 Å². The van der Waals surface area contributed by atoms with Crippen molar-refractivity contribution in [2.75, 3.05) is 6.54 Å². The lowest BCUT2D eigenvalue weighted by Crippen LogP contribution is -2.27. The zero-order valence-corrected chi connectivity index (χ0v) is 9.69. The van der Waals surface area contributed by atoms with Gasteiger partial charge in [-0.15, -0.1) is 6.58 Å². The second-order valence-electron chi connectivity index (χ2n) is 3.75. The van der Waals surface area contributed by atoms with Crippen molar-refractivity contribution in [2.45, 2.75) is 19.8 Å². The molecule has 3 heteroatoms. The van der Waals surface area contributed by atoms with Gasteiger partial charge in [-0.1, -0.05) is 38.1 Å². The molecule has 1 amide bonds. The maximum Gasteiger partial charge on any atom is 0.412 e. The van der Waals surface area contributed by atoms with Crippen LogP contribution < -0.4 is 10.1 Å². The highest BCUT2D eigenvalue weighted by atomic mass is 16.6. The Labute approximate surface area is 96.1 Å². The van der Waals surface area contributed by atoms with Gasteiger partial charge in [-0.3, -0.25) is 0 Å². The van der Waals surface area contributed by atoms with E-state index in [1.54, 1.807) is 12.1 Å². The van der Waals surface area contributed by atoms with Crippen LogP contribution in [0, 0.1) is 0 Å². The van der Waals surface area contributed by atoms with E-state index in [0.29, 0.717) is 18.2 Å². The maximum absolute atomic E-state index is 11.4. The quantitative estimate of drug-likeness (QED) is 0.790. The molecule has 0 bridgehead atoms. The van der Waals surface area contributed by atoms with E-state index in [1.165, 1.54) is 0 Å². The minimum Gasteiger partial charge on any atom is -0.410 e. The molecule has 1 aromatic carbocycles. The van der Waals surface area contributed by atoms with Crippen molar-refractivity contribution in [3.63, 3.8) is 0 Å². The van der Waals surface area contributed by atoms with E-state index in [-0.39, 0.29) is 0 Å². The predicted molar refractivity (Wildman–Crippen MR) is 64.8 cm³/mol. The fraction of sp³-hybridized carbons (Fsp3) is 0.308. The molecule has 0 aliphatic carbocycles. The SMILES string of the molecule is C=CCNC(=O)Oc1ccccc1C(C)C. The fourth-order valence-corrected chi connectivity index (χ4v) is 1.34. The first-order valence-corrected chi connectivity index (χ1v) is 5.30. The Balaban J connectivity index is 2.72. The molecule has 0 aliphatic heterocycles. The molecular formula is C13H17NO2. The van der Waals surface area contributed by atoms with Crippen molar-refractivity contribution in [3.8, 4) is 5.75 Å². The summed E-state index contributed by atoms with van der Waals surface area (Å²) in [6, 6.07) is 7.54. The van der Waals surface area contributed by atoms with Crippen molar-refractivity contribution < 1.29 is 9.53 Å². The molecule has 0 heterocycles. The molecule has 0 saturated heterocycles. The average molecular weight is 219 g/mol. The molecule has 0 unspecified atom stereocenters. The molecule has 0 aromatic heterocycles. The Morgan fingerprint density at radius 3 is 2.81 bits per heavy atom. The molecule has 1 rings (SSSR count). The van der Waals surface area contributed by atoms with Crippen LogP contribution in [0.3, 0.4) is 0 Å². The third kappa shape index (κ3) is 3.42. The van der Waals surface area contributed by atoms with Gasteiger partial charge < -0.3 is 10.1 Å². The molecule has 0 aliphatic rings. The second-order valence-corrected chi connectivity index (χ2v) is 3.75. The number of carbonyl (C=O) groups excluding carboxylic acids is 1. The third-order valence-corrected chi connectivity index (χ3v) is 2.13. The first-order chi connectivity index (χ1) is 7.65. The van der Waals surface area contributed by atoms with Gasteiger partial charge in [0.25, 0.3) is 0 Å². The van der Waals surface area contributed by atoms with Gasteiger partial charge in [-0.05, 0) is 17.5 Å². The first-order valence-electron chi connectivity index (χ1n) is 5.30. The number of carbonyl (C=O) groups is 1. The molecule has 0 saturated carbocycles. The van der Waals surface area contributed by atoms with Crippen molar-refractivity contribution >= 4 is 6.09 Å². The molecule has 0 atom stereocenters. The van der Waals surface area contributed by atoms with Crippen LogP contribution in [0.2, 0.25) is 0 Å². The summed E-state index contributed by atoms with van der Waals surface area (Å²) in [5, 5.41) is 2.57. The monoisotopic (exact) mass is 219 g/mol. The largest absolute Gasteiger partial charge is 0.412 e. The molecule has 86 valence electrons. The summed E-state index contributed by atoms with van der Waals surface area (Å²) in [5.74, 6) is 0.933. The van der Waals surface area contributed by atoms with Crippen LogP contribution in [-0.2, 0) is 0 Å². The van der Waals surface area contributed by atoms with Gasteiger partial charge in [0.15, 0.2) is 0 Å². The third-order valence-electron chi connectivity index (χ3n) is 2.13. The lowest BCUT2D eigenvalue weighted by atomic mass is 10.0.